The number of carboxylic acids is 1. The van der Waals surface area contributed by atoms with Gasteiger partial charge in [0.15, 0.2) is 11.5 Å². The van der Waals surface area contributed by atoms with Crippen molar-refractivity contribution in [2.24, 2.45) is 0 Å². The molecule has 1 aromatic carbocycles. The number of hydrogen-bond donors (Lipinski definition) is 2. The number of benzene rings is 1. The molecule has 5 heteroatoms. The fraction of sp³-hybridized carbons (Fsp3) is 0.562. The van der Waals surface area contributed by atoms with Gasteiger partial charge in [-0.15, -0.1) is 0 Å². The van der Waals surface area contributed by atoms with Crippen LogP contribution in [0.15, 0.2) is 18.2 Å². The number of fused-ring (bicyclic) bond motifs is 1. The van der Waals surface area contributed by atoms with Crippen LogP contribution in [0.3, 0.4) is 0 Å². The Morgan fingerprint density at radius 2 is 2.05 bits per heavy atom. The first-order valence-electron chi connectivity index (χ1n) is 7.50. The van der Waals surface area contributed by atoms with Crippen molar-refractivity contribution in [3.8, 4) is 11.5 Å². The molecule has 0 bridgehead atoms. The molecule has 0 spiro atoms. The Labute approximate surface area is 125 Å². The van der Waals surface area contributed by atoms with Crippen LogP contribution in [0.4, 0.5) is 0 Å². The lowest BCUT2D eigenvalue weighted by Crippen LogP contribution is -2.38. The van der Waals surface area contributed by atoms with E-state index >= 15 is 0 Å². The molecule has 2 rings (SSSR count). The zero-order valence-corrected chi connectivity index (χ0v) is 12.6. The molecule has 0 amide bonds. The number of aliphatic carboxylic acids is 1. The highest BCUT2D eigenvalue weighted by atomic mass is 16.5. The van der Waals surface area contributed by atoms with Crippen LogP contribution < -0.4 is 14.8 Å². The quantitative estimate of drug-likeness (QED) is 0.844. The van der Waals surface area contributed by atoms with E-state index in [0.29, 0.717) is 19.6 Å². The number of ether oxygens (including phenoxy) is 2. The standard InChI is InChI=1S/C16H23NO4/c1-3-5-13(16(18)19)17-11(2)12-6-7-14-15(10-12)21-9-4-8-20-14/h6-7,10-11,13,17H,3-5,8-9H2,1-2H3,(H,18,19). The van der Waals surface area contributed by atoms with Crippen molar-refractivity contribution in [1.29, 1.82) is 0 Å². The van der Waals surface area contributed by atoms with Crippen LogP contribution in [0.25, 0.3) is 0 Å². The summed E-state index contributed by atoms with van der Waals surface area (Å²) in [6, 6.07) is 5.19. The first-order valence-corrected chi connectivity index (χ1v) is 7.50. The summed E-state index contributed by atoms with van der Waals surface area (Å²) in [7, 11) is 0. The number of rotatable bonds is 6. The second kappa shape index (κ2) is 7.31. The fourth-order valence-corrected chi connectivity index (χ4v) is 2.41. The summed E-state index contributed by atoms with van der Waals surface area (Å²) in [6.07, 6.45) is 2.32. The molecule has 2 unspecified atom stereocenters. The molecular formula is C16H23NO4. The predicted molar refractivity (Wildman–Crippen MR) is 79.9 cm³/mol. The molecule has 1 aliphatic rings. The Hall–Kier alpha value is -1.75. The van der Waals surface area contributed by atoms with Crippen molar-refractivity contribution in [1.82, 2.24) is 5.32 Å². The third kappa shape index (κ3) is 4.11. The Balaban J connectivity index is 2.10. The molecule has 5 nitrogen and oxygen atoms in total. The van der Waals surface area contributed by atoms with Gasteiger partial charge in [0.25, 0.3) is 0 Å². The van der Waals surface area contributed by atoms with E-state index in [2.05, 4.69) is 5.32 Å². The van der Waals surface area contributed by atoms with Gasteiger partial charge < -0.3 is 14.6 Å². The van der Waals surface area contributed by atoms with Gasteiger partial charge in [-0.05, 0) is 31.0 Å². The van der Waals surface area contributed by atoms with E-state index in [-0.39, 0.29) is 6.04 Å². The normalized spacial score (nSPS) is 16.9. The van der Waals surface area contributed by atoms with Crippen molar-refractivity contribution < 1.29 is 19.4 Å². The molecule has 0 aliphatic carbocycles. The van der Waals surface area contributed by atoms with Gasteiger partial charge in [0.05, 0.1) is 13.2 Å². The van der Waals surface area contributed by atoms with E-state index in [1.807, 2.05) is 32.0 Å². The summed E-state index contributed by atoms with van der Waals surface area (Å²) in [4.78, 5) is 11.2. The van der Waals surface area contributed by atoms with Crippen LogP contribution in [0.2, 0.25) is 0 Å². The summed E-state index contributed by atoms with van der Waals surface area (Å²) in [5.74, 6) is 0.686. The topological polar surface area (TPSA) is 67.8 Å². The summed E-state index contributed by atoms with van der Waals surface area (Å²) >= 11 is 0. The van der Waals surface area contributed by atoms with Crippen molar-refractivity contribution in [3.05, 3.63) is 23.8 Å². The number of carboxylic acid groups (broad SMARTS) is 1. The van der Waals surface area contributed by atoms with Gasteiger partial charge >= 0.3 is 5.97 Å². The Morgan fingerprint density at radius 3 is 2.71 bits per heavy atom. The van der Waals surface area contributed by atoms with Crippen LogP contribution in [0.5, 0.6) is 11.5 Å². The maximum atomic E-state index is 11.2. The van der Waals surface area contributed by atoms with Gasteiger partial charge in [-0.1, -0.05) is 19.4 Å². The zero-order chi connectivity index (χ0) is 15.2. The predicted octanol–water partition coefficient (Wildman–Crippen LogP) is 2.75. The first kappa shape index (κ1) is 15.6. The maximum Gasteiger partial charge on any atom is 0.320 e. The average molecular weight is 293 g/mol. The van der Waals surface area contributed by atoms with Crippen LogP contribution >= 0.6 is 0 Å². The second-order valence-corrected chi connectivity index (χ2v) is 5.32. The molecule has 116 valence electrons. The summed E-state index contributed by atoms with van der Waals surface area (Å²) in [5, 5.41) is 12.4. The lowest BCUT2D eigenvalue weighted by molar-refractivity contribution is -0.139. The van der Waals surface area contributed by atoms with Crippen molar-refractivity contribution >= 4 is 5.97 Å². The maximum absolute atomic E-state index is 11.2. The number of hydrogen-bond acceptors (Lipinski definition) is 4. The van der Waals surface area contributed by atoms with Crippen LogP contribution in [-0.4, -0.2) is 30.3 Å². The molecule has 1 aliphatic heterocycles. The molecule has 2 N–H and O–H groups in total. The molecule has 1 heterocycles. The van der Waals surface area contributed by atoms with Crippen LogP contribution in [-0.2, 0) is 4.79 Å². The largest absolute Gasteiger partial charge is 0.490 e. The van der Waals surface area contributed by atoms with Gasteiger partial charge in [0, 0.05) is 12.5 Å². The molecule has 21 heavy (non-hydrogen) atoms. The van der Waals surface area contributed by atoms with E-state index in [1.165, 1.54) is 0 Å². The van der Waals surface area contributed by atoms with Gasteiger partial charge in [-0.2, -0.15) is 0 Å². The van der Waals surface area contributed by atoms with Gasteiger partial charge in [-0.25, -0.2) is 0 Å². The van der Waals surface area contributed by atoms with E-state index < -0.39 is 12.0 Å². The Kier molecular flexibility index (Phi) is 5.44. The third-order valence-corrected chi connectivity index (χ3v) is 3.60. The number of nitrogens with one attached hydrogen (secondary N) is 1. The first-order chi connectivity index (χ1) is 10.1. The Morgan fingerprint density at radius 1 is 1.33 bits per heavy atom. The fourth-order valence-electron chi connectivity index (χ4n) is 2.41. The minimum absolute atomic E-state index is 0.0604. The lowest BCUT2D eigenvalue weighted by atomic mass is 10.0. The van der Waals surface area contributed by atoms with Crippen molar-refractivity contribution in [2.45, 2.75) is 45.2 Å². The highest BCUT2D eigenvalue weighted by molar-refractivity contribution is 5.73. The lowest BCUT2D eigenvalue weighted by Gasteiger charge is -2.21. The number of carbonyl (C=O) groups is 1. The molecule has 0 fully saturated rings. The van der Waals surface area contributed by atoms with Crippen molar-refractivity contribution in [3.63, 3.8) is 0 Å². The van der Waals surface area contributed by atoms with E-state index in [0.717, 1.165) is 29.9 Å². The van der Waals surface area contributed by atoms with Gasteiger partial charge in [0.2, 0.25) is 0 Å². The molecule has 0 saturated heterocycles. The molecular weight excluding hydrogens is 270 g/mol. The third-order valence-electron chi connectivity index (χ3n) is 3.60. The van der Waals surface area contributed by atoms with E-state index in [4.69, 9.17) is 9.47 Å². The smallest absolute Gasteiger partial charge is 0.320 e. The van der Waals surface area contributed by atoms with E-state index in [1.54, 1.807) is 0 Å². The second-order valence-electron chi connectivity index (χ2n) is 5.32. The molecule has 2 atom stereocenters. The average Bonchev–Trinajstić information content (AvgIpc) is 2.70. The monoisotopic (exact) mass is 293 g/mol. The van der Waals surface area contributed by atoms with Crippen LogP contribution in [0, 0.1) is 0 Å². The zero-order valence-electron chi connectivity index (χ0n) is 12.6. The molecule has 0 aromatic heterocycles. The SMILES string of the molecule is CCCC(NC(C)c1ccc2c(c1)OCCCO2)C(=O)O. The molecule has 0 radical (unpaired) electrons. The summed E-state index contributed by atoms with van der Waals surface area (Å²) in [6.45, 7) is 5.25. The Bertz CT molecular complexity index is 489. The van der Waals surface area contributed by atoms with E-state index in [9.17, 15) is 9.90 Å². The highest BCUT2D eigenvalue weighted by Gasteiger charge is 2.20. The highest BCUT2D eigenvalue weighted by Crippen LogP contribution is 2.32. The summed E-state index contributed by atoms with van der Waals surface area (Å²) < 4.78 is 11.3. The molecule has 0 saturated carbocycles. The minimum Gasteiger partial charge on any atom is -0.490 e. The van der Waals surface area contributed by atoms with Gasteiger partial charge in [0.1, 0.15) is 6.04 Å². The summed E-state index contributed by atoms with van der Waals surface area (Å²) in [5.41, 5.74) is 1.00. The molecule has 1 aromatic rings. The van der Waals surface area contributed by atoms with Gasteiger partial charge in [-0.3, -0.25) is 10.1 Å². The van der Waals surface area contributed by atoms with Crippen molar-refractivity contribution in [2.75, 3.05) is 13.2 Å². The minimum atomic E-state index is -0.807. The van der Waals surface area contributed by atoms with Crippen LogP contribution in [0.1, 0.15) is 44.7 Å².